The van der Waals surface area contributed by atoms with Crippen molar-refractivity contribution >= 4 is 29.8 Å². The summed E-state index contributed by atoms with van der Waals surface area (Å²) >= 11 is 0. The molecule has 0 unspecified atom stereocenters. The van der Waals surface area contributed by atoms with Crippen LogP contribution in [0.3, 0.4) is 0 Å². The number of rotatable bonds is 4. The van der Waals surface area contributed by atoms with Crippen molar-refractivity contribution in [1.29, 1.82) is 0 Å². The van der Waals surface area contributed by atoms with Gasteiger partial charge in [-0.1, -0.05) is 25.5 Å². The predicted molar refractivity (Wildman–Crippen MR) is 83.6 cm³/mol. The first-order valence-corrected chi connectivity index (χ1v) is 6.08. The Morgan fingerprint density at radius 1 is 1.47 bits per heavy atom. The minimum Gasteiger partial charge on any atom is -0.330 e. The molecule has 2 N–H and O–H groups in total. The van der Waals surface area contributed by atoms with Gasteiger partial charge >= 0.3 is 0 Å². The van der Waals surface area contributed by atoms with Crippen LogP contribution in [0.2, 0.25) is 0 Å². The zero-order valence-corrected chi connectivity index (χ0v) is 13.4. The Kier molecular flexibility index (Phi) is 7.24. The summed E-state index contributed by atoms with van der Waals surface area (Å²) in [5, 5.41) is 0. The van der Waals surface area contributed by atoms with Crippen molar-refractivity contribution in [3.8, 4) is 0 Å². The molecule has 17 heavy (non-hydrogen) atoms. The first kappa shape index (κ1) is 16.8. The largest absolute Gasteiger partial charge is 0.330 e. The molecule has 0 bridgehead atoms. The number of nitrogens with two attached hydrogens (primary N) is 1. The molecule has 2 nitrogen and oxygen atoms in total. The lowest BCUT2D eigenvalue weighted by Crippen LogP contribution is -2.19. The zero-order chi connectivity index (χ0) is 12.2. The lowest BCUT2D eigenvalue weighted by Gasteiger charge is -2.32. The molecule has 1 aliphatic carbocycles. The molecule has 0 atom stereocenters. The summed E-state index contributed by atoms with van der Waals surface area (Å²) in [4.78, 5) is 11.4. The van der Waals surface area contributed by atoms with Crippen molar-refractivity contribution in [1.82, 2.24) is 0 Å². The highest BCUT2D eigenvalue weighted by molar-refractivity contribution is 14.0. The molecule has 0 saturated carbocycles. The van der Waals surface area contributed by atoms with Gasteiger partial charge in [-0.3, -0.25) is 4.79 Å². The highest BCUT2D eigenvalue weighted by atomic mass is 127. The highest BCUT2D eigenvalue weighted by Gasteiger charge is 2.26. The van der Waals surface area contributed by atoms with Crippen LogP contribution in [-0.4, -0.2) is 12.3 Å². The third-order valence-electron chi connectivity index (χ3n) is 3.37. The van der Waals surface area contributed by atoms with Crippen LogP contribution in [0.5, 0.6) is 0 Å². The lowest BCUT2D eigenvalue weighted by atomic mass is 9.72. The van der Waals surface area contributed by atoms with Crippen LogP contribution in [0.1, 0.15) is 46.5 Å². The molecule has 0 fully saturated rings. The van der Waals surface area contributed by atoms with E-state index in [-0.39, 0.29) is 35.2 Å². The van der Waals surface area contributed by atoms with Gasteiger partial charge in [0.1, 0.15) is 0 Å². The average Bonchev–Trinajstić information content (AvgIpc) is 2.16. The van der Waals surface area contributed by atoms with Crippen LogP contribution in [0.4, 0.5) is 0 Å². The third kappa shape index (κ3) is 4.92. The van der Waals surface area contributed by atoms with E-state index in [1.807, 2.05) is 6.08 Å². The molecule has 0 radical (unpaired) electrons. The van der Waals surface area contributed by atoms with E-state index in [1.165, 1.54) is 24.0 Å². The van der Waals surface area contributed by atoms with E-state index < -0.39 is 0 Å². The summed E-state index contributed by atoms with van der Waals surface area (Å²) in [6.07, 6.45) is 7.77. The Labute approximate surface area is 122 Å². The first-order valence-electron chi connectivity index (χ1n) is 6.08. The zero-order valence-electron chi connectivity index (χ0n) is 11.1. The van der Waals surface area contributed by atoms with Gasteiger partial charge in [-0.05, 0) is 49.8 Å². The molecule has 0 saturated heterocycles. The summed E-state index contributed by atoms with van der Waals surface area (Å²) in [5.74, 6) is 0.129. The molecule has 0 heterocycles. The van der Waals surface area contributed by atoms with E-state index in [1.54, 1.807) is 6.08 Å². The summed E-state index contributed by atoms with van der Waals surface area (Å²) in [5.41, 5.74) is 8.32. The van der Waals surface area contributed by atoms with Crippen molar-refractivity contribution in [3.63, 3.8) is 0 Å². The normalized spacial score (nSPS) is 19.3. The Bertz CT molecular complexity index is 329. The van der Waals surface area contributed by atoms with Gasteiger partial charge in [-0.15, -0.1) is 24.0 Å². The van der Waals surface area contributed by atoms with E-state index >= 15 is 0 Å². The van der Waals surface area contributed by atoms with Crippen LogP contribution < -0.4 is 5.73 Å². The van der Waals surface area contributed by atoms with Crippen LogP contribution in [-0.2, 0) is 4.79 Å². The van der Waals surface area contributed by atoms with Gasteiger partial charge in [0.05, 0.1) is 0 Å². The van der Waals surface area contributed by atoms with Crippen LogP contribution in [0.25, 0.3) is 0 Å². The van der Waals surface area contributed by atoms with Crippen molar-refractivity contribution in [2.24, 2.45) is 11.1 Å². The summed E-state index contributed by atoms with van der Waals surface area (Å²) in [6, 6.07) is 0. The maximum Gasteiger partial charge on any atom is 0.156 e. The molecule has 98 valence electrons. The number of hydrogen-bond donors (Lipinski definition) is 1. The van der Waals surface area contributed by atoms with Gasteiger partial charge in [0, 0.05) is 6.42 Å². The topological polar surface area (TPSA) is 43.1 Å². The fourth-order valence-corrected chi connectivity index (χ4v) is 2.41. The molecule has 0 aromatic rings. The fourth-order valence-electron chi connectivity index (χ4n) is 2.41. The SMILES string of the molecule is CC1=C(/C=C/C(=O)CCN)C(C)(C)CCC1.I. The molecule has 0 amide bonds. The number of halogens is 1. The molecule has 0 aliphatic heterocycles. The van der Waals surface area contributed by atoms with Gasteiger partial charge in [-0.2, -0.15) is 0 Å². The maximum atomic E-state index is 11.4. The van der Waals surface area contributed by atoms with Gasteiger partial charge in [-0.25, -0.2) is 0 Å². The smallest absolute Gasteiger partial charge is 0.156 e. The van der Waals surface area contributed by atoms with Gasteiger partial charge < -0.3 is 5.73 Å². The molecular formula is C14H24INO. The Balaban J connectivity index is 0.00000256. The molecule has 1 rings (SSSR count). The predicted octanol–water partition coefficient (Wildman–Crippen LogP) is 3.61. The maximum absolute atomic E-state index is 11.4. The monoisotopic (exact) mass is 349 g/mol. The first-order chi connectivity index (χ1) is 7.47. The molecule has 0 spiro atoms. The van der Waals surface area contributed by atoms with Gasteiger partial charge in [0.2, 0.25) is 0 Å². The highest BCUT2D eigenvalue weighted by Crippen LogP contribution is 2.40. The lowest BCUT2D eigenvalue weighted by molar-refractivity contribution is -0.114. The van der Waals surface area contributed by atoms with E-state index in [9.17, 15) is 4.79 Å². The third-order valence-corrected chi connectivity index (χ3v) is 3.37. The number of carbonyl (C=O) groups excluding carboxylic acids is 1. The van der Waals surface area contributed by atoms with Gasteiger partial charge in [0.25, 0.3) is 0 Å². The van der Waals surface area contributed by atoms with Crippen LogP contribution >= 0.6 is 24.0 Å². The Morgan fingerprint density at radius 3 is 2.65 bits per heavy atom. The molecular weight excluding hydrogens is 325 g/mol. The quantitative estimate of drug-likeness (QED) is 0.622. The van der Waals surface area contributed by atoms with Crippen molar-refractivity contribution < 1.29 is 4.79 Å². The molecule has 0 aromatic carbocycles. The number of ketones is 1. The second-order valence-electron chi connectivity index (χ2n) is 5.27. The minimum atomic E-state index is 0. The fraction of sp³-hybridized carbons (Fsp3) is 0.643. The van der Waals surface area contributed by atoms with Crippen molar-refractivity contribution in [2.45, 2.75) is 46.5 Å². The van der Waals surface area contributed by atoms with Crippen LogP contribution in [0, 0.1) is 5.41 Å². The van der Waals surface area contributed by atoms with E-state index in [2.05, 4.69) is 20.8 Å². The van der Waals surface area contributed by atoms with E-state index in [0.717, 1.165) is 6.42 Å². The molecule has 3 heteroatoms. The number of hydrogen-bond acceptors (Lipinski definition) is 2. The van der Waals surface area contributed by atoms with E-state index in [0.29, 0.717) is 13.0 Å². The molecule has 1 aliphatic rings. The van der Waals surface area contributed by atoms with Gasteiger partial charge in [0.15, 0.2) is 5.78 Å². The van der Waals surface area contributed by atoms with Crippen molar-refractivity contribution in [2.75, 3.05) is 6.54 Å². The number of carbonyl (C=O) groups is 1. The summed E-state index contributed by atoms with van der Waals surface area (Å²) in [6.45, 7) is 7.12. The summed E-state index contributed by atoms with van der Waals surface area (Å²) in [7, 11) is 0. The standard InChI is InChI=1S/C14H23NO.HI/c1-11-5-4-9-14(2,3)13(11)7-6-12(16)8-10-15;/h6-7H,4-5,8-10,15H2,1-3H3;1H/b7-6+;. The number of allylic oxidation sites excluding steroid dienone is 4. The van der Waals surface area contributed by atoms with E-state index in [4.69, 9.17) is 5.73 Å². The summed E-state index contributed by atoms with van der Waals surface area (Å²) < 4.78 is 0. The Hall–Kier alpha value is -0.160. The van der Waals surface area contributed by atoms with Crippen LogP contribution in [0.15, 0.2) is 23.3 Å². The molecule has 0 aromatic heterocycles. The average molecular weight is 349 g/mol. The van der Waals surface area contributed by atoms with Crippen molar-refractivity contribution in [3.05, 3.63) is 23.3 Å². The second kappa shape index (κ2) is 7.31. The minimum absolute atomic E-state index is 0. The second-order valence-corrected chi connectivity index (χ2v) is 5.27. The Morgan fingerprint density at radius 2 is 2.12 bits per heavy atom.